The summed E-state index contributed by atoms with van der Waals surface area (Å²) in [6.45, 7) is -0.0807. The van der Waals surface area contributed by atoms with E-state index in [0.717, 1.165) is 0 Å². The molecule has 0 saturated carbocycles. The van der Waals surface area contributed by atoms with Gasteiger partial charge >= 0.3 is 5.97 Å². The molecule has 0 saturated heterocycles. The van der Waals surface area contributed by atoms with Crippen molar-refractivity contribution >= 4 is 11.9 Å². The Balaban J connectivity index is 1.50. The topological polar surface area (TPSA) is 69.0 Å². The first kappa shape index (κ1) is 19.2. The molecule has 0 unspecified atom stereocenters. The quantitative estimate of drug-likeness (QED) is 0.576. The number of furan rings is 1. The summed E-state index contributed by atoms with van der Waals surface area (Å²) in [6.07, 6.45) is 1.52. The molecule has 0 fully saturated rings. The average molecular weight is 383 g/mol. The normalized spacial score (nSPS) is 10.4. The summed E-state index contributed by atoms with van der Waals surface area (Å²) < 4.78 is 28.7. The van der Waals surface area contributed by atoms with Gasteiger partial charge in [-0.05, 0) is 60.7 Å². The number of halogens is 1. The second-order valence-corrected chi connectivity index (χ2v) is 5.99. The van der Waals surface area contributed by atoms with Crippen molar-refractivity contribution in [1.82, 2.24) is 4.90 Å². The van der Waals surface area contributed by atoms with Crippen molar-refractivity contribution in [1.29, 1.82) is 0 Å². The molecule has 144 valence electrons. The molecular weight excluding hydrogens is 365 g/mol. The van der Waals surface area contributed by atoms with Crippen molar-refractivity contribution < 1.29 is 27.9 Å². The van der Waals surface area contributed by atoms with Crippen molar-refractivity contribution in [3.63, 3.8) is 0 Å². The van der Waals surface area contributed by atoms with Gasteiger partial charge in [-0.15, -0.1) is 0 Å². The average Bonchev–Trinajstić information content (AvgIpc) is 3.21. The molecule has 0 aliphatic carbocycles. The van der Waals surface area contributed by atoms with Gasteiger partial charge in [0, 0.05) is 7.05 Å². The summed E-state index contributed by atoms with van der Waals surface area (Å²) in [5.41, 5.74) is 0.285. The van der Waals surface area contributed by atoms with Gasteiger partial charge in [-0.3, -0.25) is 4.79 Å². The van der Waals surface area contributed by atoms with Crippen LogP contribution in [-0.2, 0) is 16.1 Å². The Kier molecular flexibility index (Phi) is 6.06. The Hall–Kier alpha value is -3.61. The minimum Gasteiger partial charge on any atom is -0.467 e. The van der Waals surface area contributed by atoms with Crippen LogP contribution in [-0.4, -0.2) is 30.4 Å². The zero-order chi connectivity index (χ0) is 19.9. The number of esters is 1. The second-order valence-electron chi connectivity index (χ2n) is 5.99. The molecule has 0 atom stereocenters. The fourth-order valence-electron chi connectivity index (χ4n) is 2.34. The van der Waals surface area contributed by atoms with Crippen molar-refractivity contribution in [3.8, 4) is 11.5 Å². The van der Waals surface area contributed by atoms with E-state index in [-0.39, 0.29) is 23.9 Å². The minimum atomic E-state index is -0.618. The summed E-state index contributed by atoms with van der Waals surface area (Å²) in [7, 11) is 1.60. The molecule has 0 N–H and O–H groups in total. The smallest absolute Gasteiger partial charge is 0.338 e. The lowest BCUT2D eigenvalue weighted by atomic mass is 10.2. The van der Waals surface area contributed by atoms with E-state index in [1.54, 1.807) is 31.3 Å². The number of hydrogen-bond donors (Lipinski definition) is 0. The van der Waals surface area contributed by atoms with Crippen LogP contribution in [0.2, 0.25) is 0 Å². The van der Waals surface area contributed by atoms with Gasteiger partial charge in [-0.2, -0.15) is 0 Å². The van der Waals surface area contributed by atoms with Gasteiger partial charge in [-0.25, -0.2) is 9.18 Å². The van der Waals surface area contributed by atoms with Crippen LogP contribution in [0.5, 0.6) is 11.5 Å². The maximum atomic E-state index is 12.9. The third kappa shape index (κ3) is 5.20. The number of likely N-dealkylation sites (N-methyl/N-ethyl adjacent to an activating group) is 1. The fraction of sp³-hybridized carbons (Fsp3) is 0.143. The highest BCUT2D eigenvalue weighted by atomic mass is 19.1. The highest BCUT2D eigenvalue weighted by Gasteiger charge is 2.15. The molecule has 0 aliphatic heterocycles. The maximum absolute atomic E-state index is 12.9. The largest absolute Gasteiger partial charge is 0.467 e. The van der Waals surface area contributed by atoms with Crippen LogP contribution in [0.1, 0.15) is 16.1 Å². The second kappa shape index (κ2) is 8.85. The Morgan fingerprint density at radius 3 is 2.25 bits per heavy atom. The molecule has 1 amide bonds. The van der Waals surface area contributed by atoms with Crippen molar-refractivity contribution in [2.24, 2.45) is 0 Å². The Morgan fingerprint density at radius 2 is 1.64 bits per heavy atom. The number of ether oxygens (including phenoxy) is 2. The standard InChI is InChI=1S/C21H18FNO5/c1-23(13-19-3-2-12-26-19)20(24)14-27-21(25)15-4-8-17(9-5-15)28-18-10-6-16(22)7-11-18/h2-12H,13-14H2,1H3. The van der Waals surface area contributed by atoms with Crippen LogP contribution in [0, 0.1) is 5.82 Å². The van der Waals surface area contributed by atoms with Crippen molar-refractivity contribution in [2.45, 2.75) is 6.54 Å². The molecule has 1 heterocycles. The van der Waals surface area contributed by atoms with E-state index in [0.29, 0.717) is 23.8 Å². The maximum Gasteiger partial charge on any atom is 0.338 e. The van der Waals surface area contributed by atoms with E-state index in [1.165, 1.54) is 47.6 Å². The minimum absolute atomic E-state index is 0.285. The van der Waals surface area contributed by atoms with Gasteiger partial charge in [0.15, 0.2) is 6.61 Å². The number of benzene rings is 2. The lowest BCUT2D eigenvalue weighted by Gasteiger charge is -2.15. The molecule has 3 rings (SSSR count). The first-order chi connectivity index (χ1) is 13.5. The lowest BCUT2D eigenvalue weighted by molar-refractivity contribution is -0.133. The highest BCUT2D eigenvalue weighted by Crippen LogP contribution is 2.22. The SMILES string of the molecule is CN(Cc1ccco1)C(=O)COC(=O)c1ccc(Oc2ccc(F)cc2)cc1. The van der Waals surface area contributed by atoms with Gasteiger partial charge in [0.2, 0.25) is 0 Å². The number of hydrogen-bond acceptors (Lipinski definition) is 5. The molecule has 0 spiro atoms. The molecule has 0 aliphatic rings. The third-order valence-corrected chi connectivity index (χ3v) is 3.86. The molecule has 0 bridgehead atoms. The molecule has 28 heavy (non-hydrogen) atoms. The summed E-state index contributed by atoms with van der Waals surface area (Å²) in [5.74, 6) is 0.280. The number of amides is 1. The molecule has 3 aromatic rings. The van der Waals surface area contributed by atoms with Crippen molar-refractivity contribution in [3.05, 3.63) is 84.1 Å². The van der Waals surface area contributed by atoms with E-state index < -0.39 is 5.97 Å². The van der Waals surface area contributed by atoms with Crippen molar-refractivity contribution in [2.75, 3.05) is 13.7 Å². The number of rotatable bonds is 7. The Morgan fingerprint density at radius 1 is 1.00 bits per heavy atom. The van der Waals surface area contributed by atoms with E-state index in [9.17, 15) is 14.0 Å². The first-order valence-electron chi connectivity index (χ1n) is 8.48. The van der Waals surface area contributed by atoms with E-state index in [2.05, 4.69) is 0 Å². The monoisotopic (exact) mass is 383 g/mol. The molecule has 6 nitrogen and oxygen atoms in total. The van der Waals surface area contributed by atoms with Crippen LogP contribution >= 0.6 is 0 Å². The zero-order valence-electron chi connectivity index (χ0n) is 15.1. The summed E-state index contributed by atoms with van der Waals surface area (Å²) >= 11 is 0. The van der Waals surface area contributed by atoms with E-state index in [1.807, 2.05) is 0 Å². The molecule has 7 heteroatoms. The lowest BCUT2D eigenvalue weighted by Crippen LogP contribution is -2.30. The van der Waals surface area contributed by atoms with Crippen LogP contribution < -0.4 is 4.74 Å². The Labute approximate surface area is 161 Å². The predicted molar refractivity (Wildman–Crippen MR) is 98.4 cm³/mol. The van der Waals surface area contributed by atoms with E-state index in [4.69, 9.17) is 13.9 Å². The van der Waals surface area contributed by atoms with Crippen LogP contribution in [0.25, 0.3) is 0 Å². The van der Waals surface area contributed by atoms with E-state index >= 15 is 0 Å². The molecular formula is C21H18FNO5. The van der Waals surface area contributed by atoms with Gasteiger partial charge in [-0.1, -0.05) is 0 Å². The molecule has 2 aromatic carbocycles. The van der Waals surface area contributed by atoms with Gasteiger partial charge in [0.1, 0.15) is 23.1 Å². The summed E-state index contributed by atoms with van der Waals surface area (Å²) in [5, 5.41) is 0. The first-order valence-corrected chi connectivity index (χ1v) is 8.48. The van der Waals surface area contributed by atoms with Gasteiger partial charge in [0.05, 0.1) is 18.4 Å². The number of carbonyl (C=O) groups is 2. The zero-order valence-corrected chi connectivity index (χ0v) is 15.1. The van der Waals surface area contributed by atoms with Crippen LogP contribution in [0.15, 0.2) is 71.3 Å². The predicted octanol–water partition coefficient (Wildman–Crippen LogP) is 4.03. The van der Waals surface area contributed by atoms with Gasteiger partial charge in [0.25, 0.3) is 5.91 Å². The summed E-state index contributed by atoms with van der Waals surface area (Å²) in [4.78, 5) is 25.6. The third-order valence-electron chi connectivity index (χ3n) is 3.86. The molecule has 0 radical (unpaired) electrons. The number of carbonyl (C=O) groups excluding carboxylic acids is 2. The summed E-state index contributed by atoms with van der Waals surface area (Å²) in [6, 6.07) is 15.3. The Bertz CT molecular complexity index is 920. The number of nitrogens with zero attached hydrogens (tertiary/aromatic N) is 1. The fourth-order valence-corrected chi connectivity index (χ4v) is 2.34. The van der Waals surface area contributed by atoms with Crippen LogP contribution in [0.3, 0.4) is 0 Å². The highest BCUT2D eigenvalue weighted by molar-refractivity contribution is 5.91. The van der Waals surface area contributed by atoms with Crippen LogP contribution in [0.4, 0.5) is 4.39 Å². The van der Waals surface area contributed by atoms with Gasteiger partial charge < -0.3 is 18.8 Å². The molecule has 1 aromatic heterocycles.